The van der Waals surface area contributed by atoms with Crippen molar-refractivity contribution in [1.82, 2.24) is 14.8 Å². The molecule has 2 fully saturated rings. The number of carbonyl (C=O) groups excluding carboxylic acids is 2. The molecule has 1 N–H and O–H groups in total. The maximum atomic E-state index is 12.8. The summed E-state index contributed by atoms with van der Waals surface area (Å²) in [6, 6.07) is 10.5. The first-order chi connectivity index (χ1) is 13.6. The van der Waals surface area contributed by atoms with Crippen LogP contribution in [0.5, 0.6) is 5.75 Å². The van der Waals surface area contributed by atoms with Gasteiger partial charge >= 0.3 is 0 Å². The van der Waals surface area contributed by atoms with E-state index in [4.69, 9.17) is 0 Å². The molecule has 0 spiro atoms. The number of carbonyl (C=O) groups is 2. The predicted octanol–water partition coefficient (Wildman–Crippen LogP) is 2.93. The van der Waals surface area contributed by atoms with Gasteiger partial charge in [-0.3, -0.25) is 14.6 Å². The van der Waals surface area contributed by atoms with Crippen LogP contribution in [0.3, 0.4) is 0 Å². The number of phenolic OH excluding ortho intramolecular Hbond substituents is 1. The van der Waals surface area contributed by atoms with E-state index < -0.39 is 0 Å². The van der Waals surface area contributed by atoms with Gasteiger partial charge in [0.1, 0.15) is 5.75 Å². The number of phenols is 1. The molecule has 0 radical (unpaired) electrons. The van der Waals surface area contributed by atoms with E-state index in [2.05, 4.69) is 4.98 Å². The number of hydrogen-bond donors (Lipinski definition) is 1. The van der Waals surface area contributed by atoms with Crippen molar-refractivity contribution in [2.24, 2.45) is 5.92 Å². The van der Waals surface area contributed by atoms with Crippen molar-refractivity contribution in [1.29, 1.82) is 0 Å². The zero-order valence-corrected chi connectivity index (χ0v) is 15.9. The van der Waals surface area contributed by atoms with Crippen LogP contribution in [0.25, 0.3) is 11.3 Å². The average molecular weight is 379 g/mol. The maximum Gasteiger partial charge on any atom is 0.255 e. The molecular formula is C22H25N3O3. The Morgan fingerprint density at radius 3 is 2.43 bits per heavy atom. The summed E-state index contributed by atoms with van der Waals surface area (Å²) in [5.41, 5.74) is 2.26. The van der Waals surface area contributed by atoms with Gasteiger partial charge in [0.05, 0.1) is 11.3 Å². The van der Waals surface area contributed by atoms with E-state index in [-0.39, 0.29) is 17.6 Å². The third kappa shape index (κ3) is 4.01. The van der Waals surface area contributed by atoms with Gasteiger partial charge < -0.3 is 14.9 Å². The van der Waals surface area contributed by atoms with Gasteiger partial charge in [-0.1, -0.05) is 0 Å². The highest BCUT2D eigenvalue weighted by atomic mass is 16.3. The van der Waals surface area contributed by atoms with Crippen molar-refractivity contribution in [3.05, 3.63) is 48.2 Å². The van der Waals surface area contributed by atoms with Crippen LogP contribution in [0.1, 0.15) is 36.0 Å². The predicted molar refractivity (Wildman–Crippen MR) is 106 cm³/mol. The minimum atomic E-state index is 0.0143. The third-order valence-electron chi connectivity index (χ3n) is 5.73. The van der Waals surface area contributed by atoms with Gasteiger partial charge in [-0.05, 0) is 61.6 Å². The number of rotatable bonds is 4. The summed E-state index contributed by atoms with van der Waals surface area (Å²) in [7, 11) is 0. The Morgan fingerprint density at radius 2 is 1.82 bits per heavy atom. The van der Waals surface area contributed by atoms with Crippen LogP contribution in [-0.2, 0) is 4.79 Å². The van der Waals surface area contributed by atoms with Crippen LogP contribution in [-0.4, -0.2) is 57.9 Å². The van der Waals surface area contributed by atoms with E-state index in [1.807, 2.05) is 21.9 Å². The molecule has 0 bridgehead atoms. The number of nitrogens with zero attached hydrogens (tertiary/aromatic N) is 3. The van der Waals surface area contributed by atoms with E-state index in [0.717, 1.165) is 56.7 Å². The second kappa shape index (κ2) is 8.00. The Balaban J connectivity index is 1.33. The molecule has 28 heavy (non-hydrogen) atoms. The molecule has 146 valence electrons. The lowest BCUT2D eigenvalue weighted by Gasteiger charge is -2.34. The Bertz CT molecular complexity index is 840. The highest BCUT2D eigenvalue weighted by Crippen LogP contribution is 2.24. The van der Waals surface area contributed by atoms with E-state index in [1.165, 1.54) is 0 Å². The molecular weight excluding hydrogens is 354 g/mol. The summed E-state index contributed by atoms with van der Waals surface area (Å²) in [5.74, 6) is 0.993. The minimum absolute atomic E-state index is 0.0143. The normalized spacial score (nSPS) is 17.9. The van der Waals surface area contributed by atoms with Gasteiger partial charge in [0.2, 0.25) is 5.91 Å². The molecule has 0 aliphatic carbocycles. The molecule has 0 saturated carbocycles. The second-order valence-electron chi connectivity index (χ2n) is 7.66. The number of amides is 2. The van der Waals surface area contributed by atoms with Crippen molar-refractivity contribution >= 4 is 11.8 Å². The van der Waals surface area contributed by atoms with Crippen LogP contribution in [0, 0.1) is 5.92 Å². The van der Waals surface area contributed by atoms with Crippen LogP contribution < -0.4 is 0 Å². The number of pyridine rings is 1. The lowest BCUT2D eigenvalue weighted by molar-refractivity contribution is -0.128. The first-order valence-electron chi connectivity index (χ1n) is 9.92. The third-order valence-corrected chi connectivity index (χ3v) is 5.73. The van der Waals surface area contributed by atoms with Gasteiger partial charge in [-0.15, -0.1) is 0 Å². The SMILES string of the molecule is O=C1CCCN1CC1CCN(C(=O)c2ccc(-c3ccc(O)cc3)nc2)CC1. The highest BCUT2D eigenvalue weighted by molar-refractivity contribution is 5.94. The first kappa shape index (κ1) is 18.5. The fourth-order valence-corrected chi connectivity index (χ4v) is 4.03. The fourth-order valence-electron chi connectivity index (χ4n) is 4.03. The number of piperidine rings is 1. The van der Waals surface area contributed by atoms with E-state index in [0.29, 0.717) is 17.9 Å². The lowest BCUT2D eigenvalue weighted by Crippen LogP contribution is -2.41. The average Bonchev–Trinajstić information content (AvgIpc) is 3.13. The fraction of sp³-hybridized carbons (Fsp3) is 0.409. The Morgan fingerprint density at radius 1 is 1.07 bits per heavy atom. The molecule has 0 unspecified atom stereocenters. The summed E-state index contributed by atoms with van der Waals surface area (Å²) < 4.78 is 0. The first-order valence-corrected chi connectivity index (χ1v) is 9.92. The lowest BCUT2D eigenvalue weighted by atomic mass is 9.96. The molecule has 2 aliphatic rings. The minimum Gasteiger partial charge on any atom is -0.508 e. The standard InChI is InChI=1S/C22H25N3O3/c26-19-6-3-17(4-7-19)20-8-5-18(14-23-20)22(28)24-12-9-16(10-13-24)15-25-11-1-2-21(25)27/h3-8,14,16,26H,1-2,9-13,15H2. The maximum absolute atomic E-state index is 12.8. The summed E-state index contributed by atoms with van der Waals surface area (Å²) in [4.78, 5) is 32.9. The van der Waals surface area contributed by atoms with Gasteiger partial charge in [-0.2, -0.15) is 0 Å². The summed E-state index contributed by atoms with van der Waals surface area (Å²) >= 11 is 0. The van der Waals surface area contributed by atoms with E-state index in [1.54, 1.807) is 30.5 Å². The summed E-state index contributed by atoms with van der Waals surface area (Å²) in [6.07, 6.45) is 5.16. The summed E-state index contributed by atoms with van der Waals surface area (Å²) in [5, 5.41) is 9.39. The van der Waals surface area contributed by atoms with Crippen molar-refractivity contribution in [2.75, 3.05) is 26.2 Å². The molecule has 2 saturated heterocycles. The van der Waals surface area contributed by atoms with Crippen LogP contribution >= 0.6 is 0 Å². The monoisotopic (exact) mass is 379 g/mol. The molecule has 6 heteroatoms. The Hall–Kier alpha value is -2.89. The molecule has 4 rings (SSSR count). The van der Waals surface area contributed by atoms with Crippen molar-refractivity contribution < 1.29 is 14.7 Å². The largest absolute Gasteiger partial charge is 0.508 e. The van der Waals surface area contributed by atoms with Crippen LogP contribution in [0.15, 0.2) is 42.6 Å². The van der Waals surface area contributed by atoms with Crippen LogP contribution in [0.4, 0.5) is 0 Å². The number of aromatic hydroxyl groups is 1. The van der Waals surface area contributed by atoms with Gasteiger partial charge in [0, 0.05) is 44.4 Å². The van der Waals surface area contributed by atoms with Gasteiger partial charge in [-0.25, -0.2) is 0 Å². The molecule has 1 aromatic carbocycles. The summed E-state index contributed by atoms with van der Waals surface area (Å²) in [6.45, 7) is 3.18. The second-order valence-corrected chi connectivity index (χ2v) is 7.66. The quantitative estimate of drug-likeness (QED) is 0.886. The van der Waals surface area contributed by atoms with E-state index in [9.17, 15) is 14.7 Å². The zero-order chi connectivity index (χ0) is 19.5. The van der Waals surface area contributed by atoms with Crippen molar-refractivity contribution in [3.63, 3.8) is 0 Å². The topological polar surface area (TPSA) is 73.7 Å². The van der Waals surface area contributed by atoms with Gasteiger partial charge in [0.15, 0.2) is 0 Å². The highest BCUT2D eigenvalue weighted by Gasteiger charge is 2.28. The number of aromatic nitrogens is 1. The molecule has 2 aromatic rings. The number of likely N-dealkylation sites (tertiary alicyclic amines) is 2. The van der Waals surface area contributed by atoms with Crippen molar-refractivity contribution in [3.8, 4) is 17.0 Å². The molecule has 2 amide bonds. The number of hydrogen-bond acceptors (Lipinski definition) is 4. The smallest absolute Gasteiger partial charge is 0.255 e. The Labute approximate surface area is 164 Å². The molecule has 6 nitrogen and oxygen atoms in total. The zero-order valence-electron chi connectivity index (χ0n) is 15.9. The molecule has 3 heterocycles. The van der Waals surface area contributed by atoms with Gasteiger partial charge in [0.25, 0.3) is 5.91 Å². The Kier molecular flexibility index (Phi) is 5.28. The molecule has 0 atom stereocenters. The molecule has 2 aliphatic heterocycles. The number of benzene rings is 1. The van der Waals surface area contributed by atoms with Crippen molar-refractivity contribution in [2.45, 2.75) is 25.7 Å². The molecule has 1 aromatic heterocycles. The van der Waals surface area contributed by atoms with E-state index >= 15 is 0 Å². The van der Waals surface area contributed by atoms with Crippen LogP contribution in [0.2, 0.25) is 0 Å².